The van der Waals surface area contributed by atoms with Crippen LogP contribution in [0.4, 0.5) is 11.4 Å². The van der Waals surface area contributed by atoms with Crippen molar-refractivity contribution >= 4 is 34.8 Å². The van der Waals surface area contributed by atoms with Gasteiger partial charge in [0.2, 0.25) is 5.91 Å². The Hall–Kier alpha value is -1.29. The number of anilines is 1. The summed E-state index contributed by atoms with van der Waals surface area (Å²) >= 11 is 1.78. The van der Waals surface area contributed by atoms with Crippen LogP contribution in [-0.4, -0.2) is 23.1 Å². The van der Waals surface area contributed by atoms with Gasteiger partial charge in [0.25, 0.3) is 0 Å². The normalized spacial score (nSPS) is 23.6. The molecule has 3 nitrogen and oxygen atoms in total. The van der Waals surface area contributed by atoms with E-state index in [4.69, 9.17) is 0 Å². The van der Waals surface area contributed by atoms with Crippen LogP contribution in [0.2, 0.25) is 0 Å². The van der Waals surface area contributed by atoms with E-state index < -0.39 is 0 Å². The van der Waals surface area contributed by atoms with Gasteiger partial charge in [0, 0.05) is 17.2 Å². The summed E-state index contributed by atoms with van der Waals surface area (Å²) in [5, 5.41) is 2.93. The maximum absolute atomic E-state index is 11.9. The molecule has 2 aliphatic heterocycles. The molecule has 1 aromatic rings. The predicted octanol–water partition coefficient (Wildman–Crippen LogP) is 2.07. The number of aliphatic imine (C=N–C) groups is 1. The summed E-state index contributed by atoms with van der Waals surface area (Å²) in [6.45, 7) is 0. The minimum absolute atomic E-state index is 0.0256. The van der Waals surface area contributed by atoms with E-state index >= 15 is 0 Å². The van der Waals surface area contributed by atoms with Crippen molar-refractivity contribution in [3.8, 4) is 0 Å². The molecule has 1 amide bonds. The van der Waals surface area contributed by atoms with Crippen molar-refractivity contribution in [2.24, 2.45) is 10.9 Å². The lowest BCUT2D eigenvalue weighted by molar-refractivity contribution is -0.117. The number of carbonyl (C=O) groups is 1. The van der Waals surface area contributed by atoms with E-state index in [-0.39, 0.29) is 11.8 Å². The molecule has 1 saturated heterocycles. The highest BCUT2D eigenvalue weighted by molar-refractivity contribution is 8.00. The Morgan fingerprint density at radius 3 is 3.20 bits per heavy atom. The van der Waals surface area contributed by atoms with Crippen LogP contribution in [0.5, 0.6) is 0 Å². The molecule has 0 aromatic heterocycles. The lowest BCUT2D eigenvalue weighted by Gasteiger charge is -2.06. The third-order valence-corrected chi connectivity index (χ3v) is 3.75. The Bertz CT molecular complexity index is 456. The molecule has 0 aliphatic carbocycles. The quantitative estimate of drug-likeness (QED) is 0.724. The van der Waals surface area contributed by atoms with Gasteiger partial charge in [0.15, 0.2) is 0 Å². The van der Waals surface area contributed by atoms with E-state index in [2.05, 4.69) is 10.3 Å². The zero-order chi connectivity index (χ0) is 10.3. The van der Waals surface area contributed by atoms with Crippen LogP contribution in [0.3, 0.4) is 0 Å². The molecular weight excluding hydrogens is 208 g/mol. The summed E-state index contributed by atoms with van der Waals surface area (Å²) in [4.78, 5) is 16.4. The zero-order valence-corrected chi connectivity index (χ0v) is 8.88. The van der Waals surface area contributed by atoms with Crippen LogP contribution >= 0.6 is 11.8 Å². The van der Waals surface area contributed by atoms with Gasteiger partial charge >= 0.3 is 0 Å². The lowest BCUT2D eigenvalue weighted by Crippen LogP contribution is -2.26. The van der Waals surface area contributed by atoms with Crippen LogP contribution in [0.1, 0.15) is 0 Å². The van der Waals surface area contributed by atoms with Crippen molar-refractivity contribution < 1.29 is 4.79 Å². The molecule has 1 unspecified atom stereocenters. The first kappa shape index (κ1) is 8.97. The fourth-order valence-corrected chi connectivity index (χ4v) is 3.04. The van der Waals surface area contributed by atoms with E-state index in [1.165, 1.54) is 0 Å². The number of hydrogen-bond acceptors (Lipinski definition) is 3. The van der Waals surface area contributed by atoms with Crippen molar-refractivity contribution in [3.05, 3.63) is 24.3 Å². The number of amides is 1. The van der Waals surface area contributed by atoms with Gasteiger partial charge in [0.05, 0.1) is 17.3 Å². The number of fused-ring (bicyclic) bond motifs is 2. The second-order valence-electron chi connectivity index (χ2n) is 3.68. The third-order valence-electron chi connectivity index (χ3n) is 2.68. The zero-order valence-electron chi connectivity index (χ0n) is 8.06. The molecule has 0 radical (unpaired) electrons. The van der Waals surface area contributed by atoms with Gasteiger partial charge in [-0.1, -0.05) is 12.1 Å². The van der Waals surface area contributed by atoms with Crippen LogP contribution < -0.4 is 5.32 Å². The van der Waals surface area contributed by atoms with Crippen LogP contribution in [0, 0.1) is 5.92 Å². The van der Waals surface area contributed by atoms with Crippen molar-refractivity contribution in [2.45, 2.75) is 0 Å². The molecule has 1 fully saturated rings. The average Bonchev–Trinajstić information content (AvgIpc) is 2.64. The van der Waals surface area contributed by atoms with Gasteiger partial charge in [-0.05, 0) is 12.1 Å². The Labute approximate surface area is 92.0 Å². The molecule has 1 atom stereocenters. The van der Waals surface area contributed by atoms with Crippen LogP contribution in [0.15, 0.2) is 29.3 Å². The SMILES string of the molecule is O=C1Nc2ccccc2N=C2CSCC12. The summed E-state index contributed by atoms with van der Waals surface area (Å²) in [6.07, 6.45) is 0. The number of hydrogen-bond donors (Lipinski definition) is 1. The topological polar surface area (TPSA) is 41.5 Å². The van der Waals surface area contributed by atoms with E-state index in [1.807, 2.05) is 24.3 Å². The second-order valence-corrected chi connectivity index (χ2v) is 4.71. The molecule has 0 spiro atoms. The van der Waals surface area contributed by atoms with Gasteiger partial charge in [-0.25, -0.2) is 0 Å². The van der Waals surface area contributed by atoms with Gasteiger partial charge in [-0.15, -0.1) is 0 Å². The fourth-order valence-electron chi connectivity index (χ4n) is 1.87. The first-order chi connectivity index (χ1) is 7.34. The summed E-state index contributed by atoms with van der Waals surface area (Å²) in [6, 6.07) is 7.69. The predicted molar refractivity (Wildman–Crippen MR) is 63.0 cm³/mol. The Balaban J connectivity index is 2.13. The van der Waals surface area contributed by atoms with Gasteiger partial charge in [-0.2, -0.15) is 11.8 Å². The van der Waals surface area contributed by atoms with E-state index in [9.17, 15) is 4.79 Å². The van der Waals surface area contributed by atoms with E-state index in [1.54, 1.807) is 11.8 Å². The summed E-state index contributed by atoms with van der Waals surface area (Å²) < 4.78 is 0. The molecule has 15 heavy (non-hydrogen) atoms. The standard InChI is InChI=1S/C11H10N2OS/c14-11-7-5-15-6-10(7)12-8-3-1-2-4-9(8)13-11/h1-4,7H,5-6H2,(H,13,14). The Kier molecular flexibility index (Phi) is 2.02. The molecule has 2 heterocycles. The second kappa shape index (κ2) is 3.38. The van der Waals surface area contributed by atoms with Crippen molar-refractivity contribution in [1.29, 1.82) is 0 Å². The van der Waals surface area contributed by atoms with Gasteiger partial charge in [0.1, 0.15) is 0 Å². The van der Waals surface area contributed by atoms with Crippen molar-refractivity contribution in [3.63, 3.8) is 0 Å². The third kappa shape index (κ3) is 1.45. The Morgan fingerprint density at radius 2 is 2.27 bits per heavy atom. The summed E-state index contributed by atoms with van der Waals surface area (Å²) in [5.74, 6) is 1.80. The Morgan fingerprint density at radius 1 is 1.40 bits per heavy atom. The molecule has 4 heteroatoms. The molecule has 3 rings (SSSR count). The van der Waals surface area contributed by atoms with Crippen molar-refractivity contribution in [1.82, 2.24) is 0 Å². The highest BCUT2D eigenvalue weighted by atomic mass is 32.2. The molecular formula is C11H10N2OS. The molecule has 2 aliphatic rings. The lowest BCUT2D eigenvalue weighted by atomic mass is 10.1. The number of nitrogens with one attached hydrogen (secondary N) is 1. The minimum Gasteiger partial charge on any atom is -0.324 e. The first-order valence-electron chi connectivity index (χ1n) is 4.90. The molecule has 0 saturated carbocycles. The summed E-state index contributed by atoms with van der Waals surface area (Å²) in [7, 11) is 0. The maximum atomic E-state index is 11.9. The fraction of sp³-hybridized carbons (Fsp3) is 0.273. The molecule has 1 aromatic carbocycles. The number of rotatable bonds is 0. The minimum atomic E-state index is -0.0256. The average molecular weight is 218 g/mol. The van der Waals surface area contributed by atoms with Gasteiger partial charge < -0.3 is 5.32 Å². The number of nitrogens with zero attached hydrogens (tertiary/aromatic N) is 1. The number of para-hydroxylation sites is 2. The maximum Gasteiger partial charge on any atom is 0.234 e. The van der Waals surface area contributed by atoms with Crippen LogP contribution in [0.25, 0.3) is 0 Å². The summed E-state index contributed by atoms with van der Waals surface area (Å²) in [5.41, 5.74) is 2.72. The largest absolute Gasteiger partial charge is 0.324 e. The number of carbonyl (C=O) groups excluding carboxylic acids is 1. The number of benzene rings is 1. The highest BCUT2D eigenvalue weighted by Gasteiger charge is 2.32. The molecule has 1 N–H and O–H groups in total. The van der Waals surface area contributed by atoms with Crippen molar-refractivity contribution in [2.75, 3.05) is 16.8 Å². The molecule has 0 bridgehead atoms. The number of thioether (sulfide) groups is 1. The van der Waals surface area contributed by atoms with E-state index in [0.29, 0.717) is 0 Å². The smallest absolute Gasteiger partial charge is 0.234 e. The van der Waals surface area contributed by atoms with E-state index in [0.717, 1.165) is 28.6 Å². The highest BCUT2D eigenvalue weighted by Crippen LogP contribution is 2.33. The van der Waals surface area contributed by atoms with Crippen LogP contribution in [-0.2, 0) is 4.79 Å². The first-order valence-corrected chi connectivity index (χ1v) is 6.05. The monoisotopic (exact) mass is 218 g/mol. The van der Waals surface area contributed by atoms with Gasteiger partial charge in [-0.3, -0.25) is 9.79 Å². The molecule has 76 valence electrons.